The molecule has 0 saturated carbocycles. The first-order valence-electron chi connectivity index (χ1n) is 17.9. The number of para-hydroxylation sites is 2. The van der Waals surface area contributed by atoms with Crippen molar-refractivity contribution in [3.05, 3.63) is 170 Å². The van der Waals surface area contributed by atoms with Crippen LogP contribution in [0.3, 0.4) is 0 Å². The minimum Gasteiger partial charge on any atom is -0.456 e. The minimum atomic E-state index is 0.583. The summed E-state index contributed by atoms with van der Waals surface area (Å²) in [5.74, 6) is 1.77. The van der Waals surface area contributed by atoms with Crippen LogP contribution in [-0.4, -0.2) is 29.9 Å². The summed E-state index contributed by atoms with van der Waals surface area (Å²) in [6, 6.07) is 57.7. The first-order valence-corrected chi connectivity index (χ1v) is 17.9. The molecule has 3 heterocycles. The van der Waals surface area contributed by atoms with Crippen molar-refractivity contribution in [2.75, 3.05) is 0 Å². The lowest BCUT2D eigenvalue weighted by Crippen LogP contribution is -2.01. The predicted molar refractivity (Wildman–Crippen MR) is 216 cm³/mol. The molecule has 0 aliphatic carbocycles. The average Bonchev–Trinajstić information content (AvgIpc) is 3.86. The van der Waals surface area contributed by atoms with Crippen molar-refractivity contribution < 1.29 is 4.42 Å². The quantitative estimate of drug-likeness (QED) is 0.167. The fourth-order valence-electron chi connectivity index (χ4n) is 7.58. The van der Waals surface area contributed by atoms with Gasteiger partial charge in [-0.2, -0.15) is 4.80 Å². The molecule has 0 radical (unpaired) electrons. The van der Waals surface area contributed by atoms with Crippen molar-refractivity contribution in [2.24, 2.45) is 0 Å². The number of hydrogen-bond acceptors (Lipinski definition) is 6. The van der Waals surface area contributed by atoms with Crippen LogP contribution in [0.1, 0.15) is 0 Å². The second-order valence-corrected chi connectivity index (χ2v) is 13.4. The molecule has 8 aromatic carbocycles. The highest BCUT2D eigenvalue weighted by molar-refractivity contribution is 6.19. The molecule has 0 bridgehead atoms. The molecule has 7 heteroatoms. The van der Waals surface area contributed by atoms with Gasteiger partial charge < -0.3 is 4.42 Å². The van der Waals surface area contributed by atoms with Crippen LogP contribution >= 0.6 is 0 Å². The third kappa shape index (κ3) is 4.87. The Kier molecular flexibility index (Phi) is 6.72. The van der Waals surface area contributed by atoms with Crippen LogP contribution in [0.4, 0.5) is 0 Å². The predicted octanol–water partition coefficient (Wildman–Crippen LogP) is 11.5. The Morgan fingerprint density at radius 1 is 0.407 bits per heavy atom. The van der Waals surface area contributed by atoms with Gasteiger partial charge in [-0.25, -0.2) is 15.0 Å². The monoisotopic (exact) mass is 692 g/mol. The van der Waals surface area contributed by atoms with Crippen LogP contribution in [0.5, 0.6) is 0 Å². The van der Waals surface area contributed by atoms with Gasteiger partial charge >= 0.3 is 0 Å². The molecule has 0 amide bonds. The molecule has 7 nitrogen and oxygen atoms in total. The molecule has 3 aromatic heterocycles. The fourth-order valence-corrected chi connectivity index (χ4v) is 7.58. The van der Waals surface area contributed by atoms with E-state index in [-0.39, 0.29) is 0 Å². The summed E-state index contributed by atoms with van der Waals surface area (Å²) in [6.07, 6.45) is 0. The van der Waals surface area contributed by atoms with Crippen LogP contribution in [0.15, 0.2) is 174 Å². The largest absolute Gasteiger partial charge is 0.456 e. The number of fused-ring (bicyclic) bond motifs is 8. The Bertz CT molecular complexity index is 3220. The molecule has 0 N–H and O–H groups in total. The van der Waals surface area contributed by atoms with E-state index in [1.807, 2.05) is 103 Å². The summed E-state index contributed by atoms with van der Waals surface area (Å²) in [5.41, 5.74) is 9.00. The van der Waals surface area contributed by atoms with Crippen LogP contribution < -0.4 is 0 Å². The number of nitrogens with zero attached hydrogens (tertiary/aromatic N) is 6. The highest BCUT2D eigenvalue weighted by atomic mass is 16.3. The van der Waals surface area contributed by atoms with Gasteiger partial charge in [0.1, 0.15) is 22.2 Å². The molecule has 0 atom stereocenters. The Hall–Kier alpha value is -7.51. The lowest BCUT2D eigenvalue weighted by molar-refractivity contribution is 0.669. The van der Waals surface area contributed by atoms with E-state index in [9.17, 15) is 0 Å². The van der Waals surface area contributed by atoms with E-state index in [4.69, 9.17) is 29.6 Å². The number of aromatic nitrogens is 6. The van der Waals surface area contributed by atoms with Crippen molar-refractivity contribution in [1.29, 1.82) is 0 Å². The van der Waals surface area contributed by atoms with Gasteiger partial charge in [-0.05, 0) is 63.7 Å². The zero-order chi connectivity index (χ0) is 35.6. The van der Waals surface area contributed by atoms with Gasteiger partial charge in [0.05, 0.1) is 5.69 Å². The Morgan fingerprint density at radius 3 is 1.93 bits per heavy atom. The molecule has 0 spiro atoms. The zero-order valence-corrected chi connectivity index (χ0v) is 28.8. The average molecular weight is 693 g/mol. The summed E-state index contributed by atoms with van der Waals surface area (Å²) < 4.78 is 6.26. The van der Waals surface area contributed by atoms with E-state index in [0.29, 0.717) is 17.5 Å². The summed E-state index contributed by atoms with van der Waals surface area (Å²) in [7, 11) is 0. The molecule has 0 aliphatic heterocycles. The standard InChI is InChI=1S/C47H28N6O/c1-3-12-31(13-4-1)45-48-46(50-47(49-45)37-19-11-21-41-43(37)36-18-9-10-20-40(36)54-41)35-17-8-7-16-34(35)32-25-23-29-22-24-30-26-27-39-44(42(30)38(29)28-32)52-53(51-39)33-14-5-2-6-15-33/h1-28H. The molecule has 11 aromatic rings. The molecule has 0 aliphatic rings. The van der Waals surface area contributed by atoms with Crippen molar-refractivity contribution in [2.45, 2.75) is 0 Å². The zero-order valence-electron chi connectivity index (χ0n) is 28.8. The van der Waals surface area contributed by atoms with Gasteiger partial charge in [-0.1, -0.05) is 133 Å². The highest BCUT2D eigenvalue weighted by Gasteiger charge is 2.20. The van der Waals surface area contributed by atoms with Crippen LogP contribution in [0.2, 0.25) is 0 Å². The highest BCUT2D eigenvalue weighted by Crippen LogP contribution is 2.39. The Labute approximate surface area is 308 Å². The smallest absolute Gasteiger partial charge is 0.164 e. The normalized spacial score (nSPS) is 11.7. The van der Waals surface area contributed by atoms with E-state index in [2.05, 4.69) is 66.7 Å². The van der Waals surface area contributed by atoms with E-state index in [1.54, 1.807) is 4.80 Å². The summed E-state index contributed by atoms with van der Waals surface area (Å²) in [6.45, 7) is 0. The van der Waals surface area contributed by atoms with Crippen molar-refractivity contribution in [1.82, 2.24) is 29.9 Å². The number of furan rings is 1. The summed E-state index contributed by atoms with van der Waals surface area (Å²) in [5, 5.41) is 16.3. The van der Waals surface area contributed by atoms with Crippen molar-refractivity contribution in [3.63, 3.8) is 0 Å². The molecule has 54 heavy (non-hydrogen) atoms. The van der Waals surface area contributed by atoms with Gasteiger partial charge in [0.15, 0.2) is 17.5 Å². The Balaban J connectivity index is 1.12. The Morgan fingerprint density at radius 2 is 1.06 bits per heavy atom. The second kappa shape index (κ2) is 12.0. The van der Waals surface area contributed by atoms with Gasteiger partial charge in [0.25, 0.3) is 0 Å². The minimum absolute atomic E-state index is 0.583. The van der Waals surface area contributed by atoms with Gasteiger partial charge in [0.2, 0.25) is 0 Å². The lowest BCUT2D eigenvalue weighted by atomic mass is 9.94. The summed E-state index contributed by atoms with van der Waals surface area (Å²) in [4.78, 5) is 17.2. The lowest BCUT2D eigenvalue weighted by Gasteiger charge is -2.13. The third-order valence-electron chi connectivity index (χ3n) is 10.1. The third-order valence-corrected chi connectivity index (χ3v) is 10.1. The number of hydrogen-bond donors (Lipinski definition) is 0. The number of benzene rings is 8. The molecule has 0 fully saturated rings. The SMILES string of the molecule is c1ccc(-c2nc(-c3ccccc3-c3ccc4ccc5ccc6nn(-c7ccccc7)nc6c5c4c3)nc(-c3cccc4oc5ccccc5c34)n2)cc1. The molecule has 0 unspecified atom stereocenters. The molecule has 11 rings (SSSR count). The van der Waals surface area contributed by atoms with Gasteiger partial charge in [-0.3, -0.25) is 0 Å². The molecule has 252 valence electrons. The first-order chi connectivity index (χ1) is 26.7. The van der Waals surface area contributed by atoms with Crippen LogP contribution in [-0.2, 0) is 0 Å². The van der Waals surface area contributed by atoms with E-state index in [0.717, 1.165) is 88.0 Å². The topological polar surface area (TPSA) is 82.5 Å². The van der Waals surface area contributed by atoms with Gasteiger partial charge in [-0.15, -0.1) is 10.2 Å². The molecular weight excluding hydrogens is 665 g/mol. The molecule has 0 saturated heterocycles. The fraction of sp³-hybridized carbons (Fsp3) is 0. The van der Waals surface area contributed by atoms with Crippen LogP contribution in [0, 0.1) is 0 Å². The van der Waals surface area contributed by atoms with Gasteiger partial charge in [0, 0.05) is 32.8 Å². The van der Waals surface area contributed by atoms with E-state index < -0.39 is 0 Å². The first kappa shape index (κ1) is 30.1. The van der Waals surface area contributed by atoms with E-state index in [1.165, 1.54) is 0 Å². The molecular formula is C47H28N6O. The second-order valence-electron chi connectivity index (χ2n) is 13.4. The van der Waals surface area contributed by atoms with Crippen molar-refractivity contribution >= 4 is 54.5 Å². The van der Waals surface area contributed by atoms with E-state index >= 15 is 0 Å². The number of rotatable bonds is 5. The maximum atomic E-state index is 6.26. The van der Waals surface area contributed by atoms with Crippen LogP contribution in [0.25, 0.3) is 105 Å². The van der Waals surface area contributed by atoms with Crippen molar-refractivity contribution in [3.8, 4) is 51.0 Å². The maximum Gasteiger partial charge on any atom is 0.164 e. The summed E-state index contributed by atoms with van der Waals surface area (Å²) >= 11 is 0. The maximum absolute atomic E-state index is 6.26.